The monoisotopic (exact) mass is 363 g/mol. The van der Waals surface area contributed by atoms with Gasteiger partial charge in [-0.25, -0.2) is 19.5 Å². The Kier molecular flexibility index (Phi) is 3.49. The zero-order chi connectivity index (χ0) is 18.5. The van der Waals surface area contributed by atoms with E-state index in [0.717, 1.165) is 65.9 Å². The second-order valence-electron chi connectivity index (χ2n) is 6.92. The Hall–Kier alpha value is -3.23. The third-order valence-electron chi connectivity index (χ3n) is 5.34. The first-order chi connectivity index (χ1) is 13.1. The van der Waals surface area contributed by atoms with E-state index in [2.05, 4.69) is 42.8 Å². The van der Waals surface area contributed by atoms with E-state index >= 15 is 0 Å². The van der Waals surface area contributed by atoms with Crippen LogP contribution in [0, 0.1) is 13.8 Å². The van der Waals surface area contributed by atoms with Gasteiger partial charge in [-0.2, -0.15) is 5.10 Å². The molecule has 0 unspecified atom stereocenters. The fourth-order valence-electron chi connectivity index (χ4n) is 3.66. The van der Waals surface area contributed by atoms with Gasteiger partial charge in [-0.15, -0.1) is 5.10 Å². The van der Waals surface area contributed by atoms with Crippen LogP contribution in [0.25, 0.3) is 16.7 Å². The fraction of sp³-hybridized carbons (Fsp3) is 0.389. The van der Waals surface area contributed by atoms with Crippen molar-refractivity contribution in [3.8, 4) is 0 Å². The van der Waals surface area contributed by atoms with Crippen LogP contribution in [0.4, 0.5) is 11.6 Å². The molecular weight excluding hydrogens is 342 g/mol. The molecule has 0 N–H and O–H groups in total. The Morgan fingerprint density at radius 3 is 2.56 bits per heavy atom. The molecule has 0 atom stereocenters. The molecule has 0 aromatic carbocycles. The smallest absolute Gasteiger partial charge is 0.163 e. The lowest BCUT2D eigenvalue weighted by atomic mass is 10.2. The Bertz CT molecular complexity index is 1130. The minimum absolute atomic E-state index is 0.862. The van der Waals surface area contributed by atoms with Crippen LogP contribution in [0.2, 0.25) is 0 Å². The molecule has 27 heavy (non-hydrogen) atoms. The molecule has 1 aliphatic rings. The minimum atomic E-state index is 0.862. The number of hydrogen-bond donors (Lipinski definition) is 0. The molecular formula is C18H21N9. The number of rotatable bonds is 2. The molecule has 0 saturated carbocycles. The van der Waals surface area contributed by atoms with Crippen LogP contribution < -0.4 is 9.80 Å². The summed E-state index contributed by atoms with van der Waals surface area (Å²) in [5, 5.41) is 10.1. The van der Waals surface area contributed by atoms with E-state index in [1.54, 1.807) is 11.0 Å². The second-order valence-corrected chi connectivity index (χ2v) is 6.92. The van der Waals surface area contributed by atoms with Crippen LogP contribution in [-0.2, 0) is 7.05 Å². The maximum Gasteiger partial charge on any atom is 0.163 e. The molecule has 0 bridgehead atoms. The average Bonchev–Trinajstić information content (AvgIpc) is 3.22. The molecule has 5 heterocycles. The van der Waals surface area contributed by atoms with Crippen LogP contribution in [0.1, 0.15) is 11.4 Å². The van der Waals surface area contributed by atoms with Crippen molar-refractivity contribution in [1.29, 1.82) is 0 Å². The van der Waals surface area contributed by atoms with E-state index < -0.39 is 0 Å². The summed E-state index contributed by atoms with van der Waals surface area (Å²) in [6, 6.07) is 4.10. The molecule has 9 heteroatoms. The lowest BCUT2D eigenvalue weighted by Crippen LogP contribution is -2.47. The number of hydrogen-bond acceptors (Lipinski definition) is 7. The Morgan fingerprint density at radius 2 is 1.74 bits per heavy atom. The lowest BCUT2D eigenvalue weighted by Gasteiger charge is -2.36. The summed E-state index contributed by atoms with van der Waals surface area (Å²) >= 11 is 0. The molecule has 1 fully saturated rings. The number of imidazole rings is 1. The molecule has 0 aliphatic carbocycles. The largest absolute Gasteiger partial charge is 0.352 e. The van der Waals surface area contributed by atoms with E-state index in [-0.39, 0.29) is 0 Å². The maximum absolute atomic E-state index is 4.79. The van der Waals surface area contributed by atoms with Gasteiger partial charge in [0.05, 0.1) is 23.0 Å². The lowest BCUT2D eigenvalue weighted by molar-refractivity contribution is 0.636. The van der Waals surface area contributed by atoms with Gasteiger partial charge in [0.25, 0.3) is 0 Å². The molecule has 0 spiro atoms. The van der Waals surface area contributed by atoms with Crippen molar-refractivity contribution in [2.45, 2.75) is 13.8 Å². The van der Waals surface area contributed by atoms with Gasteiger partial charge in [-0.1, -0.05) is 0 Å². The topological polar surface area (TPSA) is 80.3 Å². The van der Waals surface area contributed by atoms with Crippen molar-refractivity contribution in [2.24, 2.45) is 7.05 Å². The minimum Gasteiger partial charge on any atom is -0.352 e. The first-order valence-corrected chi connectivity index (χ1v) is 9.07. The zero-order valence-corrected chi connectivity index (χ0v) is 15.7. The van der Waals surface area contributed by atoms with Crippen molar-refractivity contribution in [3.05, 3.63) is 36.0 Å². The summed E-state index contributed by atoms with van der Waals surface area (Å²) in [6.45, 7) is 7.60. The van der Waals surface area contributed by atoms with Crippen molar-refractivity contribution in [2.75, 3.05) is 36.0 Å². The average molecular weight is 363 g/mol. The quantitative estimate of drug-likeness (QED) is 0.532. The molecule has 9 nitrogen and oxygen atoms in total. The van der Waals surface area contributed by atoms with Gasteiger partial charge in [0.1, 0.15) is 18.0 Å². The molecule has 0 amide bonds. The number of aryl methyl sites for hydroxylation is 3. The summed E-state index contributed by atoms with van der Waals surface area (Å²) < 4.78 is 3.71. The first kappa shape index (κ1) is 16.0. The van der Waals surface area contributed by atoms with Gasteiger partial charge >= 0.3 is 0 Å². The molecule has 1 saturated heterocycles. The highest BCUT2D eigenvalue weighted by molar-refractivity contribution is 5.86. The molecule has 138 valence electrons. The van der Waals surface area contributed by atoms with Crippen molar-refractivity contribution >= 4 is 28.3 Å². The van der Waals surface area contributed by atoms with E-state index in [9.17, 15) is 0 Å². The predicted octanol–water partition coefficient (Wildman–Crippen LogP) is 1.35. The molecule has 0 radical (unpaired) electrons. The fourth-order valence-corrected chi connectivity index (χ4v) is 3.66. The van der Waals surface area contributed by atoms with Crippen LogP contribution >= 0.6 is 0 Å². The van der Waals surface area contributed by atoms with Crippen LogP contribution in [0.3, 0.4) is 0 Å². The summed E-state index contributed by atoms with van der Waals surface area (Å²) in [7, 11) is 1.90. The van der Waals surface area contributed by atoms with Gasteiger partial charge in [0.2, 0.25) is 0 Å². The SMILES string of the molecule is Cc1nc2ccc(N3CCN(c4ncnc5c4cnn5C)CC3)nn2c1C. The Morgan fingerprint density at radius 1 is 0.963 bits per heavy atom. The zero-order valence-electron chi connectivity index (χ0n) is 15.7. The standard InChI is InChI=1S/C18H21N9/c1-12-13(2)27-15(22-12)4-5-16(23-27)25-6-8-26(9-7-25)18-14-10-21-24(3)17(14)19-11-20-18/h4-5,10-11H,6-9H2,1-3H3. The van der Waals surface area contributed by atoms with Gasteiger partial charge in [-0.05, 0) is 26.0 Å². The van der Waals surface area contributed by atoms with Crippen molar-refractivity contribution in [1.82, 2.24) is 34.3 Å². The van der Waals surface area contributed by atoms with Gasteiger partial charge in [-0.3, -0.25) is 4.68 Å². The highest BCUT2D eigenvalue weighted by atomic mass is 15.4. The summed E-state index contributed by atoms with van der Waals surface area (Å²) in [4.78, 5) is 18.0. The summed E-state index contributed by atoms with van der Waals surface area (Å²) in [6.07, 6.45) is 3.46. The van der Waals surface area contributed by atoms with Crippen LogP contribution in [0.5, 0.6) is 0 Å². The molecule has 5 rings (SSSR count). The molecule has 4 aromatic heterocycles. The third-order valence-corrected chi connectivity index (χ3v) is 5.34. The molecule has 1 aliphatic heterocycles. The highest BCUT2D eigenvalue weighted by Gasteiger charge is 2.22. The number of fused-ring (bicyclic) bond motifs is 2. The van der Waals surface area contributed by atoms with Gasteiger partial charge in [0, 0.05) is 33.2 Å². The van der Waals surface area contributed by atoms with Crippen molar-refractivity contribution in [3.63, 3.8) is 0 Å². The Labute approximate surface area is 156 Å². The summed E-state index contributed by atoms with van der Waals surface area (Å²) in [5.41, 5.74) is 3.87. The van der Waals surface area contributed by atoms with Gasteiger partial charge in [0.15, 0.2) is 11.3 Å². The predicted molar refractivity (Wildman–Crippen MR) is 103 cm³/mol. The number of aromatic nitrogens is 7. The number of anilines is 2. The highest BCUT2D eigenvalue weighted by Crippen LogP contribution is 2.24. The van der Waals surface area contributed by atoms with Gasteiger partial charge < -0.3 is 9.80 Å². The summed E-state index contributed by atoms with van der Waals surface area (Å²) in [5.74, 6) is 1.94. The van der Waals surface area contributed by atoms with Crippen LogP contribution in [-0.4, -0.2) is 60.5 Å². The molecule has 4 aromatic rings. The Balaban J connectivity index is 1.39. The van der Waals surface area contributed by atoms with E-state index in [1.165, 1.54) is 0 Å². The van der Waals surface area contributed by atoms with E-state index in [0.29, 0.717) is 0 Å². The second kappa shape index (κ2) is 5.90. The van der Waals surface area contributed by atoms with E-state index in [1.807, 2.05) is 30.8 Å². The number of nitrogens with zero attached hydrogens (tertiary/aromatic N) is 9. The van der Waals surface area contributed by atoms with E-state index in [4.69, 9.17) is 5.10 Å². The maximum atomic E-state index is 4.79. The third kappa shape index (κ3) is 2.49. The first-order valence-electron chi connectivity index (χ1n) is 9.07. The van der Waals surface area contributed by atoms with Crippen molar-refractivity contribution < 1.29 is 0 Å². The normalized spacial score (nSPS) is 15.2. The van der Waals surface area contributed by atoms with Crippen LogP contribution in [0.15, 0.2) is 24.7 Å². The number of piperazine rings is 1.